The van der Waals surface area contributed by atoms with Crippen LogP contribution in [0.1, 0.15) is 30.1 Å². The van der Waals surface area contributed by atoms with Gasteiger partial charge >= 0.3 is 6.18 Å². The molecule has 104 valence electrons. The third kappa shape index (κ3) is 3.30. The summed E-state index contributed by atoms with van der Waals surface area (Å²) >= 11 is 3.01. The van der Waals surface area contributed by atoms with Crippen LogP contribution in [0.2, 0.25) is 0 Å². The minimum absolute atomic E-state index is 0.191. The van der Waals surface area contributed by atoms with Gasteiger partial charge in [-0.25, -0.2) is 0 Å². The van der Waals surface area contributed by atoms with E-state index < -0.39 is 17.8 Å². The molecule has 0 spiro atoms. The molecule has 1 aromatic rings. The van der Waals surface area contributed by atoms with Crippen LogP contribution in [0.5, 0.6) is 0 Å². The van der Waals surface area contributed by atoms with Crippen molar-refractivity contribution in [1.82, 2.24) is 0 Å². The first-order chi connectivity index (χ1) is 8.89. The summed E-state index contributed by atoms with van der Waals surface area (Å²) in [6.45, 7) is 0.417. The molecule has 0 saturated carbocycles. The molecule has 0 bridgehead atoms. The maximum absolute atomic E-state index is 13.0. The Hall–Kier alpha value is -1.01. The van der Waals surface area contributed by atoms with Crippen molar-refractivity contribution < 1.29 is 23.0 Å². The fraction of sp³-hybridized carbons (Fsp3) is 0.385. The molecule has 2 nitrogen and oxygen atoms in total. The Morgan fingerprint density at radius 1 is 1.32 bits per heavy atom. The normalized spacial score (nSPS) is 17.6. The summed E-state index contributed by atoms with van der Waals surface area (Å²) in [5.41, 5.74) is -1.05. The van der Waals surface area contributed by atoms with Crippen molar-refractivity contribution >= 4 is 15.9 Å². The van der Waals surface area contributed by atoms with E-state index in [9.17, 15) is 18.3 Å². The summed E-state index contributed by atoms with van der Waals surface area (Å²) in [4.78, 5) is 0. The summed E-state index contributed by atoms with van der Waals surface area (Å²) in [5, 5.41) is 10.1. The molecule has 1 N–H and O–H groups in total. The second-order valence-corrected chi connectivity index (χ2v) is 5.14. The van der Waals surface area contributed by atoms with E-state index in [1.807, 2.05) is 0 Å². The van der Waals surface area contributed by atoms with Crippen LogP contribution in [0.4, 0.5) is 13.2 Å². The first kappa shape index (κ1) is 14.4. The highest BCUT2D eigenvalue weighted by Gasteiger charge is 2.36. The predicted molar refractivity (Wildman–Crippen MR) is 67.4 cm³/mol. The monoisotopic (exact) mass is 336 g/mol. The number of benzene rings is 1. The van der Waals surface area contributed by atoms with Crippen LogP contribution in [-0.2, 0) is 10.9 Å². The zero-order valence-corrected chi connectivity index (χ0v) is 11.5. The van der Waals surface area contributed by atoms with Crippen LogP contribution >= 0.6 is 15.9 Å². The van der Waals surface area contributed by atoms with Crippen molar-refractivity contribution in [3.05, 3.63) is 45.6 Å². The minimum atomic E-state index is -4.52. The summed E-state index contributed by atoms with van der Waals surface area (Å²) in [6, 6.07) is 3.69. The molecule has 6 heteroatoms. The predicted octanol–water partition coefficient (Wildman–Crippen LogP) is 4.20. The number of ether oxygens (including phenoxy) is 1. The van der Waals surface area contributed by atoms with Crippen LogP contribution < -0.4 is 0 Å². The number of halogens is 4. The second kappa shape index (κ2) is 5.54. The van der Waals surface area contributed by atoms with Crippen LogP contribution in [0, 0.1) is 0 Å². The quantitative estimate of drug-likeness (QED) is 0.877. The number of aliphatic hydroxyl groups excluding tert-OH is 1. The number of hydrogen-bond acceptors (Lipinski definition) is 2. The van der Waals surface area contributed by atoms with Gasteiger partial charge in [0.1, 0.15) is 11.9 Å². The zero-order valence-electron chi connectivity index (χ0n) is 9.88. The van der Waals surface area contributed by atoms with E-state index in [1.165, 1.54) is 12.1 Å². The van der Waals surface area contributed by atoms with Gasteiger partial charge in [0, 0.05) is 10.0 Å². The SMILES string of the molecule is OC(C1=CCCCO1)c1ccc(Br)cc1C(F)(F)F. The van der Waals surface area contributed by atoms with E-state index >= 15 is 0 Å². The Morgan fingerprint density at radius 3 is 2.63 bits per heavy atom. The van der Waals surface area contributed by atoms with Gasteiger partial charge in [-0.1, -0.05) is 22.0 Å². The molecule has 1 aliphatic heterocycles. The van der Waals surface area contributed by atoms with Gasteiger partial charge in [0.05, 0.1) is 12.2 Å². The Morgan fingerprint density at radius 2 is 2.05 bits per heavy atom. The highest BCUT2D eigenvalue weighted by Crippen LogP contribution is 2.38. The van der Waals surface area contributed by atoms with Gasteiger partial charge in [0.15, 0.2) is 0 Å². The molecule has 1 atom stereocenters. The molecule has 1 unspecified atom stereocenters. The third-order valence-corrected chi connectivity index (χ3v) is 3.34. The van der Waals surface area contributed by atoms with E-state index in [4.69, 9.17) is 4.74 Å². The summed E-state index contributed by atoms with van der Waals surface area (Å²) in [6.07, 6.45) is -2.76. The molecular weight excluding hydrogens is 325 g/mol. The molecule has 1 aliphatic rings. The minimum Gasteiger partial charge on any atom is -0.495 e. The van der Waals surface area contributed by atoms with Crippen molar-refractivity contribution in [2.24, 2.45) is 0 Å². The number of allylic oxidation sites excluding steroid dienone is 1. The molecule has 0 amide bonds. The number of hydrogen-bond donors (Lipinski definition) is 1. The Labute approximate surface area is 117 Å². The Balaban J connectivity index is 2.41. The van der Waals surface area contributed by atoms with Crippen molar-refractivity contribution in [1.29, 1.82) is 0 Å². The molecular formula is C13H12BrF3O2. The topological polar surface area (TPSA) is 29.5 Å². The van der Waals surface area contributed by atoms with E-state index in [2.05, 4.69) is 15.9 Å². The lowest BCUT2D eigenvalue weighted by molar-refractivity contribution is -0.139. The van der Waals surface area contributed by atoms with Gasteiger partial charge in [-0.3, -0.25) is 0 Å². The lowest BCUT2D eigenvalue weighted by Gasteiger charge is -2.22. The number of alkyl halides is 3. The molecule has 1 heterocycles. The van der Waals surface area contributed by atoms with Gasteiger partial charge in [0.2, 0.25) is 0 Å². The van der Waals surface area contributed by atoms with Crippen molar-refractivity contribution in [2.75, 3.05) is 6.61 Å². The summed E-state index contributed by atoms with van der Waals surface area (Å²) < 4.78 is 44.4. The maximum Gasteiger partial charge on any atom is 0.416 e. The van der Waals surface area contributed by atoms with Gasteiger partial charge in [0.25, 0.3) is 0 Å². The Kier molecular flexibility index (Phi) is 4.20. The van der Waals surface area contributed by atoms with Gasteiger partial charge in [-0.2, -0.15) is 13.2 Å². The summed E-state index contributed by atoms with van der Waals surface area (Å²) in [7, 11) is 0. The molecule has 0 saturated heterocycles. The van der Waals surface area contributed by atoms with Crippen molar-refractivity contribution in [2.45, 2.75) is 25.1 Å². The van der Waals surface area contributed by atoms with Gasteiger partial charge in [-0.15, -0.1) is 0 Å². The Bertz CT molecular complexity index is 497. The molecule has 0 aromatic heterocycles. The molecule has 1 aromatic carbocycles. The van der Waals surface area contributed by atoms with Crippen LogP contribution in [0.25, 0.3) is 0 Å². The molecule has 0 radical (unpaired) electrons. The van der Waals surface area contributed by atoms with E-state index in [0.29, 0.717) is 17.5 Å². The van der Waals surface area contributed by atoms with Crippen LogP contribution in [0.3, 0.4) is 0 Å². The molecule has 0 fully saturated rings. The number of aliphatic hydroxyl groups is 1. The average Bonchev–Trinajstić information content (AvgIpc) is 2.38. The van der Waals surface area contributed by atoms with E-state index in [-0.39, 0.29) is 11.3 Å². The fourth-order valence-electron chi connectivity index (χ4n) is 1.93. The van der Waals surface area contributed by atoms with Crippen molar-refractivity contribution in [3.63, 3.8) is 0 Å². The average molecular weight is 337 g/mol. The third-order valence-electron chi connectivity index (χ3n) is 2.85. The molecule has 0 aliphatic carbocycles. The molecule has 19 heavy (non-hydrogen) atoms. The highest BCUT2D eigenvalue weighted by atomic mass is 79.9. The van der Waals surface area contributed by atoms with E-state index in [1.54, 1.807) is 6.08 Å². The second-order valence-electron chi connectivity index (χ2n) is 4.23. The molecule has 2 rings (SSSR count). The largest absolute Gasteiger partial charge is 0.495 e. The van der Waals surface area contributed by atoms with Crippen LogP contribution in [0.15, 0.2) is 34.5 Å². The van der Waals surface area contributed by atoms with Crippen molar-refractivity contribution in [3.8, 4) is 0 Å². The first-order valence-electron chi connectivity index (χ1n) is 5.77. The highest BCUT2D eigenvalue weighted by molar-refractivity contribution is 9.10. The number of rotatable bonds is 2. The summed E-state index contributed by atoms with van der Waals surface area (Å²) in [5.74, 6) is 0.194. The van der Waals surface area contributed by atoms with E-state index in [0.717, 1.165) is 12.5 Å². The van der Waals surface area contributed by atoms with Crippen LogP contribution in [-0.4, -0.2) is 11.7 Å². The smallest absolute Gasteiger partial charge is 0.416 e. The lowest BCUT2D eigenvalue weighted by atomic mass is 9.99. The maximum atomic E-state index is 13.0. The standard InChI is InChI=1S/C13H12BrF3O2/c14-8-4-5-9(10(7-8)13(15,16)17)12(18)11-3-1-2-6-19-11/h3-5,7,12,18H,1-2,6H2. The van der Waals surface area contributed by atoms with Gasteiger partial charge in [-0.05, 0) is 31.1 Å². The van der Waals surface area contributed by atoms with Gasteiger partial charge < -0.3 is 9.84 Å². The first-order valence-corrected chi connectivity index (χ1v) is 6.56. The lowest BCUT2D eigenvalue weighted by Crippen LogP contribution is -2.16. The fourth-order valence-corrected chi connectivity index (χ4v) is 2.29. The zero-order chi connectivity index (χ0) is 14.0.